The fourth-order valence-corrected chi connectivity index (χ4v) is 4.24. The number of rotatable bonds is 7. The third-order valence-corrected chi connectivity index (χ3v) is 6.24. The monoisotopic (exact) mass is 480 g/mol. The van der Waals surface area contributed by atoms with Gasteiger partial charge in [-0.15, -0.1) is 0 Å². The smallest absolute Gasteiger partial charge is 0.319 e. The van der Waals surface area contributed by atoms with Crippen LogP contribution in [0, 0.1) is 13.8 Å². The molecule has 8 nitrogen and oxygen atoms in total. The lowest BCUT2D eigenvalue weighted by atomic mass is 10.1. The molecule has 178 valence electrons. The molecule has 3 aromatic carbocycles. The molecule has 0 aliphatic carbocycles. The van der Waals surface area contributed by atoms with Crippen LogP contribution in [-0.4, -0.2) is 26.4 Å². The number of nitrogens with one attached hydrogen (secondary N) is 4. The quantitative estimate of drug-likeness (QED) is 0.385. The van der Waals surface area contributed by atoms with Crippen molar-refractivity contribution in [1.29, 1.82) is 0 Å². The Bertz CT molecular complexity index is 1300. The first-order chi connectivity index (χ1) is 16.0. The Balaban J connectivity index is 1.78. The summed E-state index contributed by atoms with van der Waals surface area (Å²) in [6, 6.07) is 17.7. The van der Waals surface area contributed by atoms with E-state index in [1.54, 1.807) is 61.5 Å². The molecule has 9 heteroatoms. The van der Waals surface area contributed by atoms with Gasteiger partial charge in [0.05, 0.1) is 4.90 Å². The molecule has 0 saturated carbocycles. The second-order valence-electron chi connectivity index (χ2n) is 8.24. The third-order valence-electron chi connectivity index (χ3n) is 4.87. The molecule has 3 amide bonds. The summed E-state index contributed by atoms with van der Waals surface area (Å²) in [6.07, 6.45) is 0. The zero-order valence-corrected chi connectivity index (χ0v) is 20.3. The fraction of sp³-hybridized carbons (Fsp3) is 0.200. The summed E-state index contributed by atoms with van der Waals surface area (Å²) in [7, 11) is -3.89. The maximum Gasteiger partial charge on any atom is 0.319 e. The molecule has 0 bridgehead atoms. The van der Waals surface area contributed by atoms with Crippen LogP contribution < -0.4 is 20.7 Å². The molecule has 34 heavy (non-hydrogen) atoms. The van der Waals surface area contributed by atoms with Crippen molar-refractivity contribution in [2.24, 2.45) is 0 Å². The Morgan fingerprint density at radius 2 is 1.44 bits per heavy atom. The van der Waals surface area contributed by atoms with Gasteiger partial charge in [-0.3, -0.25) is 9.52 Å². The predicted octanol–water partition coefficient (Wildman–Crippen LogP) is 4.89. The van der Waals surface area contributed by atoms with E-state index in [1.165, 1.54) is 12.1 Å². The van der Waals surface area contributed by atoms with Crippen LogP contribution in [-0.2, 0) is 10.0 Å². The van der Waals surface area contributed by atoms with E-state index < -0.39 is 15.9 Å². The van der Waals surface area contributed by atoms with Crippen molar-refractivity contribution < 1.29 is 18.0 Å². The minimum Gasteiger partial charge on any atom is -0.336 e. The Kier molecular flexibility index (Phi) is 7.57. The average Bonchev–Trinajstić information content (AvgIpc) is 2.75. The van der Waals surface area contributed by atoms with Crippen molar-refractivity contribution in [3.63, 3.8) is 0 Å². The van der Waals surface area contributed by atoms with E-state index in [2.05, 4.69) is 20.7 Å². The average molecular weight is 481 g/mol. The van der Waals surface area contributed by atoms with Gasteiger partial charge in [-0.25, -0.2) is 13.2 Å². The van der Waals surface area contributed by atoms with E-state index >= 15 is 0 Å². The summed E-state index contributed by atoms with van der Waals surface area (Å²) in [5, 5.41) is 8.19. The molecule has 0 fully saturated rings. The lowest BCUT2D eigenvalue weighted by Gasteiger charge is -2.13. The maximum absolute atomic E-state index is 13.0. The highest BCUT2D eigenvalue weighted by Crippen LogP contribution is 2.22. The summed E-state index contributed by atoms with van der Waals surface area (Å²) in [6.45, 7) is 7.34. The zero-order valence-electron chi connectivity index (χ0n) is 19.5. The van der Waals surface area contributed by atoms with Crippen molar-refractivity contribution >= 4 is 39.0 Å². The molecular formula is C25H28N4O4S. The topological polar surface area (TPSA) is 116 Å². The summed E-state index contributed by atoms with van der Waals surface area (Å²) in [5.74, 6) is -0.464. The van der Waals surface area contributed by atoms with E-state index in [0.29, 0.717) is 22.6 Å². The van der Waals surface area contributed by atoms with Gasteiger partial charge >= 0.3 is 6.03 Å². The Morgan fingerprint density at radius 1 is 0.794 bits per heavy atom. The second kappa shape index (κ2) is 10.4. The number of anilines is 3. The van der Waals surface area contributed by atoms with Crippen molar-refractivity contribution in [3.8, 4) is 0 Å². The minimum atomic E-state index is -3.89. The lowest BCUT2D eigenvalue weighted by Crippen LogP contribution is -2.34. The lowest BCUT2D eigenvalue weighted by molar-refractivity contribution is 0.102. The van der Waals surface area contributed by atoms with Gasteiger partial charge in [-0.2, -0.15) is 0 Å². The molecule has 0 atom stereocenters. The van der Waals surface area contributed by atoms with Crippen LogP contribution in [0.1, 0.15) is 35.3 Å². The Hall–Kier alpha value is -3.85. The molecule has 0 aliphatic heterocycles. The van der Waals surface area contributed by atoms with Gasteiger partial charge in [-0.05, 0) is 75.7 Å². The fourth-order valence-electron chi connectivity index (χ4n) is 3.15. The van der Waals surface area contributed by atoms with Crippen LogP contribution in [0.2, 0.25) is 0 Å². The van der Waals surface area contributed by atoms with Crippen molar-refractivity contribution in [1.82, 2.24) is 5.32 Å². The summed E-state index contributed by atoms with van der Waals surface area (Å²) < 4.78 is 28.3. The number of hydrogen-bond acceptors (Lipinski definition) is 4. The highest BCUT2D eigenvalue weighted by molar-refractivity contribution is 7.92. The van der Waals surface area contributed by atoms with E-state index in [0.717, 1.165) is 5.56 Å². The normalized spacial score (nSPS) is 11.1. The van der Waals surface area contributed by atoms with Gasteiger partial charge in [0.15, 0.2) is 0 Å². The summed E-state index contributed by atoms with van der Waals surface area (Å²) in [4.78, 5) is 24.9. The SMILES string of the molecule is Cc1ccc(NS(=O)(=O)c2ccc(C)c(C(=O)Nc3cccc(NC(=O)NC(C)C)c3)c2)cc1. The number of carbonyl (C=O) groups excluding carboxylic acids is 2. The van der Waals surface area contributed by atoms with Gasteiger partial charge in [0.1, 0.15) is 0 Å². The highest BCUT2D eigenvalue weighted by Gasteiger charge is 2.19. The second-order valence-corrected chi connectivity index (χ2v) is 9.92. The molecule has 4 N–H and O–H groups in total. The molecule has 0 saturated heterocycles. The summed E-state index contributed by atoms with van der Waals surface area (Å²) >= 11 is 0. The van der Waals surface area contributed by atoms with Crippen molar-refractivity contribution in [2.45, 2.75) is 38.6 Å². The molecule has 3 rings (SSSR count). The molecule has 0 spiro atoms. The van der Waals surface area contributed by atoms with E-state index in [4.69, 9.17) is 0 Å². The molecule has 0 unspecified atom stereocenters. The molecule has 3 aromatic rings. The number of sulfonamides is 1. The van der Waals surface area contributed by atoms with E-state index in [1.807, 2.05) is 20.8 Å². The largest absolute Gasteiger partial charge is 0.336 e. The van der Waals surface area contributed by atoms with Crippen LogP contribution >= 0.6 is 0 Å². The first kappa shape index (κ1) is 24.8. The zero-order chi connectivity index (χ0) is 24.9. The Morgan fingerprint density at radius 3 is 2.09 bits per heavy atom. The first-order valence-electron chi connectivity index (χ1n) is 10.7. The predicted molar refractivity (Wildman–Crippen MR) is 135 cm³/mol. The van der Waals surface area contributed by atoms with E-state index in [9.17, 15) is 18.0 Å². The van der Waals surface area contributed by atoms with Crippen LogP contribution in [0.3, 0.4) is 0 Å². The molecule has 0 aliphatic rings. The number of benzene rings is 3. The van der Waals surface area contributed by atoms with Gasteiger partial charge in [0.25, 0.3) is 15.9 Å². The van der Waals surface area contributed by atoms with Crippen LogP contribution in [0.15, 0.2) is 71.6 Å². The molecular weight excluding hydrogens is 452 g/mol. The summed E-state index contributed by atoms with van der Waals surface area (Å²) in [5.41, 5.74) is 3.25. The number of carbonyl (C=O) groups is 2. The number of urea groups is 1. The van der Waals surface area contributed by atoms with Gasteiger partial charge in [-0.1, -0.05) is 29.8 Å². The maximum atomic E-state index is 13.0. The van der Waals surface area contributed by atoms with Gasteiger partial charge in [0, 0.05) is 28.7 Å². The standard InChI is InChI=1S/C25H28N4O4S/c1-16(2)26-25(31)28-21-7-5-6-20(14-21)27-24(30)23-15-22(13-10-18(23)4)34(32,33)29-19-11-8-17(3)9-12-19/h5-16,29H,1-4H3,(H,27,30)(H2,26,28,31). The van der Waals surface area contributed by atoms with Crippen LogP contribution in [0.25, 0.3) is 0 Å². The van der Waals surface area contributed by atoms with Crippen molar-refractivity contribution in [3.05, 3.63) is 83.4 Å². The van der Waals surface area contributed by atoms with Gasteiger partial charge in [0.2, 0.25) is 0 Å². The molecule has 0 radical (unpaired) electrons. The minimum absolute atomic E-state index is 0.0186. The van der Waals surface area contributed by atoms with Crippen LogP contribution in [0.5, 0.6) is 0 Å². The first-order valence-corrected chi connectivity index (χ1v) is 12.2. The van der Waals surface area contributed by atoms with E-state index in [-0.39, 0.29) is 22.5 Å². The number of hydrogen-bond donors (Lipinski definition) is 4. The number of amides is 3. The number of aryl methyl sites for hydroxylation is 2. The van der Waals surface area contributed by atoms with Crippen molar-refractivity contribution in [2.75, 3.05) is 15.4 Å². The Labute approximate surface area is 199 Å². The van der Waals surface area contributed by atoms with Gasteiger partial charge < -0.3 is 16.0 Å². The van der Waals surface area contributed by atoms with Crippen LogP contribution in [0.4, 0.5) is 21.9 Å². The highest BCUT2D eigenvalue weighted by atomic mass is 32.2. The molecule has 0 heterocycles. The molecule has 0 aromatic heterocycles. The third kappa shape index (κ3) is 6.58.